The number of carbonyl (C=O) groups is 1. The maximum atomic E-state index is 12.3. The standard InChI is InChI=1S/C16H17Cl2N3O/c1-16(2,3)21-12-6-10(8-19-9-12)15(22)20-11-4-5-13(17)14(18)7-11/h4-9,21H,1-3H3,(H,20,22). The van der Waals surface area contributed by atoms with E-state index in [1.54, 1.807) is 30.5 Å². The van der Waals surface area contributed by atoms with Gasteiger partial charge in [-0.1, -0.05) is 23.2 Å². The molecule has 1 amide bonds. The monoisotopic (exact) mass is 337 g/mol. The second-order valence-electron chi connectivity index (χ2n) is 5.92. The van der Waals surface area contributed by atoms with Gasteiger partial charge in [-0.2, -0.15) is 0 Å². The van der Waals surface area contributed by atoms with Crippen LogP contribution in [0.4, 0.5) is 11.4 Å². The van der Waals surface area contributed by atoms with Gasteiger partial charge in [-0.05, 0) is 45.0 Å². The van der Waals surface area contributed by atoms with Crippen molar-refractivity contribution in [2.45, 2.75) is 26.3 Å². The van der Waals surface area contributed by atoms with Crippen LogP contribution >= 0.6 is 23.2 Å². The third-order valence-corrected chi connectivity index (χ3v) is 3.44. The molecule has 2 N–H and O–H groups in total. The van der Waals surface area contributed by atoms with Crippen LogP contribution in [0.2, 0.25) is 10.0 Å². The molecule has 2 aromatic rings. The lowest BCUT2D eigenvalue weighted by Gasteiger charge is -2.22. The Morgan fingerprint density at radius 1 is 1.05 bits per heavy atom. The molecule has 22 heavy (non-hydrogen) atoms. The number of amides is 1. The van der Waals surface area contributed by atoms with E-state index < -0.39 is 0 Å². The number of hydrogen-bond donors (Lipinski definition) is 2. The first kappa shape index (κ1) is 16.6. The van der Waals surface area contributed by atoms with Gasteiger partial charge in [0.05, 0.1) is 21.3 Å². The molecule has 2 rings (SSSR count). The Hall–Kier alpha value is -1.78. The van der Waals surface area contributed by atoms with Gasteiger partial charge in [0.1, 0.15) is 0 Å². The lowest BCUT2D eigenvalue weighted by atomic mass is 10.1. The van der Waals surface area contributed by atoms with Crippen molar-refractivity contribution in [3.8, 4) is 0 Å². The Labute approximate surface area is 139 Å². The largest absolute Gasteiger partial charge is 0.379 e. The summed E-state index contributed by atoms with van der Waals surface area (Å²) in [6.45, 7) is 6.11. The fourth-order valence-electron chi connectivity index (χ4n) is 1.84. The summed E-state index contributed by atoms with van der Waals surface area (Å²) in [6, 6.07) is 6.68. The van der Waals surface area contributed by atoms with Crippen LogP contribution in [0.25, 0.3) is 0 Å². The molecule has 1 heterocycles. The van der Waals surface area contributed by atoms with Crippen molar-refractivity contribution in [2.24, 2.45) is 0 Å². The van der Waals surface area contributed by atoms with Gasteiger partial charge >= 0.3 is 0 Å². The Morgan fingerprint density at radius 2 is 1.77 bits per heavy atom. The molecule has 0 bridgehead atoms. The van der Waals surface area contributed by atoms with Gasteiger partial charge in [-0.25, -0.2) is 0 Å². The molecule has 0 aliphatic heterocycles. The molecule has 1 aromatic heterocycles. The summed E-state index contributed by atoms with van der Waals surface area (Å²) in [5.41, 5.74) is 1.71. The second-order valence-corrected chi connectivity index (χ2v) is 6.73. The molecule has 0 atom stereocenters. The highest BCUT2D eigenvalue weighted by Gasteiger charge is 2.12. The molecule has 4 nitrogen and oxygen atoms in total. The van der Waals surface area contributed by atoms with Crippen molar-refractivity contribution in [3.63, 3.8) is 0 Å². The third kappa shape index (κ3) is 4.61. The van der Waals surface area contributed by atoms with E-state index in [0.717, 1.165) is 5.69 Å². The molecule has 0 saturated carbocycles. The highest BCUT2D eigenvalue weighted by molar-refractivity contribution is 6.42. The maximum Gasteiger partial charge on any atom is 0.257 e. The van der Waals surface area contributed by atoms with E-state index in [1.165, 1.54) is 6.20 Å². The molecule has 0 saturated heterocycles. The molecular formula is C16H17Cl2N3O. The first-order chi connectivity index (χ1) is 10.2. The Morgan fingerprint density at radius 3 is 2.41 bits per heavy atom. The van der Waals surface area contributed by atoms with Crippen molar-refractivity contribution in [3.05, 3.63) is 52.3 Å². The average Bonchev–Trinajstić information content (AvgIpc) is 2.41. The molecule has 1 aromatic carbocycles. The van der Waals surface area contributed by atoms with E-state index in [1.807, 2.05) is 20.8 Å². The number of halogens is 2. The number of benzene rings is 1. The maximum absolute atomic E-state index is 12.3. The minimum Gasteiger partial charge on any atom is -0.379 e. The summed E-state index contributed by atoms with van der Waals surface area (Å²) < 4.78 is 0. The topological polar surface area (TPSA) is 54.0 Å². The molecule has 116 valence electrons. The minimum atomic E-state index is -0.261. The molecule has 0 radical (unpaired) electrons. The van der Waals surface area contributed by atoms with E-state index >= 15 is 0 Å². The van der Waals surface area contributed by atoms with Crippen LogP contribution in [0.3, 0.4) is 0 Å². The number of carbonyl (C=O) groups excluding carboxylic acids is 1. The predicted molar refractivity (Wildman–Crippen MR) is 92.0 cm³/mol. The van der Waals surface area contributed by atoms with E-state index in [-0.39, 0.29) is 11.4 Å². The van der Waals surface area contributed by atoms with Gasteiger partial charge < -0.3 is 10.6 Å². The molecule has 0 spiro atoms. The third-order valence-electron chi connectivity index (χ3n) is 2.70. The van der Waals surface area contributed by atoms with E-state index in [2.05, 4.69) is 15.6 Å². The first-order valence-corrected chi connectivity index (χ1v) is 7.50. The summed E-state index contributed by atoms with van der Waals surface area (Å²) in [7, 11) is 0. The van der Waals surface area contributed by atoms with Crippen LogP contribution in [0.1, 0.15) is 31.1 Å². The number of rotatable bonds is 3. The van der Waals surface area contributed by atoms with Crippen molar-refractivity contribution < 1.29 is 4.79 Å². The molecule has 0 aliphatic rings. The van der Waals surface area contributed by atoms with Crippen molar-refractivity contribution in [1.82, 2.24) is 4.98 Å². The molecule has 0 aliphatic carbocycles. The zero-order valence-electron chi connectivity index (χ0n) is 12.6. The van der Waals surface area contributed by atoms with Crippen LogP contribution in [0.15, 0.2) is 36.7 Å². The van der Waals surface area contributed by atoms with Crippen LogP contribution in [-0.2, 0) is 0 Å². The molecule has 0 unspecified atom stereocenters. The van der Waals surface area contributed by atoms with Crippen molar-refractivity contribution in [1.29, 1.82) is 0 Å². The Balaban J connectivity index is 2.15. The zero-order valence-corrected chi connectivity index (χ0v) is 14.1. The van der Waals surface area contributed by atoms with Crippen molar-refractivity contribution in [2.75, 3.05) is 10.6 Å². The van der Waals surface area contributed by atoms with Gasteiger partial charge in [-0.3, -0.25) is 9.78 Å². The van der Waals surface area contributed by atoms with Gasteiger partial charge in [0, 0.05) is 23.6 Å². The summed E-state index contributed by atoms with van der Waals surface area (Å²) in [5, 5.41) is 6.87. The van der Waals surface area contributed by atoms with E-state index in [9.17, 15) is 4.79 Å². The minimum absolute atomic E-state index is 0.111. The summed E-state index contributed by atoms with van der Waals surface area (Å²) in [5.74, 6) is -0.261. The van der Waals surface area contributed by atoms with Crippen LogP contribution in [-0.4, -0.2) is 16.4 Å². The summed E-state index contributed by atoms with van der Waals surface area (Å²) >= 11 is 11.8. The number of pyridine rings is 1. The Bertz CT molecular complexity index is 696. The van der Waals surface area contributed by atoms with E-state index in [0.29, 0.717) is 21.3 Å². The Kier molecular flexibility index (Phi) is 4.94. The second kappa shape index (κ2) is 6.55. The number of nitrogens with one attached hydrogen (secondary N) is 2. The number of aromatic nitrogens is 1. The normalized spacial score (nSPS) is 11.1. The smallest absolute Gasteiger partial charge is 0.257 e. The van der Waals surface area contributed by atoms with Gasteiger partial charge in [0.15, 0.2) is 0 Å². The zero-order chi connectivity index (χ0) is 16.3. The highest BCUT2D eigenvalue weighted by atomic mass is 35.5. The summed E-state index contributed by atoms with van der Waals surface area (Å²) in [4.78, 5) is 16.4. The lowest BCUT2D eigenvalue weighted by molar-refractivity contribution is 0.102. The average molecular weight is 338 g/mol. The number of anilines is 2. The first-order valence-electron chi connectivity index (χ1n) is 6.74. The lowest BCUT2D eigenvalue weighted by Crippen LogP contribution is -2.26. The van der Waals surface area contributed by atoms with Gasteiger partial charge in [0.25, 0.3) is 5.91 Å². The molecule has 6 heteroatoms. The van der Waals surface area contributed by atoms with Gasteiger partial charge in [0.2, 0.25) is 0 Å². The fraction of sp³-hybridized carbons (Fsp3) is 0.250. The highest BCUT2D eigenvalue weighted by Crippen LogP contribution is 2.25. The fourth-order valence-corrected chi connectivity index (χ4v) is 2.14. The van der Waals surface area contributed by atoms with Crippen LogP contribution in [0.5, 0.6) is 0 Å². The quantitative estimate of drug-likeness (QED) is 0.841. The van der Waals surface area contributed by atoms with Crippen LogP contribution in [0, 0.1) is 0 Å². The van der Waals surface area contributed by atoms with E-state index in [4.69, 9.17) is 23.2 Å². The molecule has 0 fully saturated rings. The molecular weight excluding hydrogens is 321 g/mol. The SMILES string of the molecule is CC(C)(C)Nc1cncc(C(=O)Nc2ccc(Cl)c(Cl)c2)c1. The van der Waals surface area contributed by atoms with Crippen molar-refractivity contribution >= 4 is 40.5 Å². The number of nitrogens with zero attached hydrogens (tertiary/aromatic N) is 1. The summed E-state index contributed by atoms with van der Waals surface area (Å²) in [6.07, 6.45) is 3.20. The predicted octanol–water partition coefficient (Wildman–Crippen LogP) is 4.85. The van der Waals surface area contributed by atoms with Crippen LogP contribution < -0.4 is 10.6 Å². The van der Waals surface area contributed by atoms with Gasteiger partial charge in [-0.15, -0.1) is 0 Å². The number of hydrogen-bond acceptors (Lipinski definition) is 3.